The standard InChI is InChI=1S/C26H31O11P/c1-18(27)31-17-24-26(35-20(3)29)23(34-19(2)28)14-25(36-24)37-38(30,32-15-21-10-6-4-7-11-21)33-16-22-12-8-5-9-13-22/h4-13,23-26H,14-17H2,1-3H3/t23-,24-,25-,26+/m1/s1. The van der Waals surface area contributed by atoms with Gasteiger partial charge in [-0.2, -0.15) is 0 Å². The van der Waals surface area contributed by atoms with Crippen molar-refractivity contribution in [3.63, 3.8) is 0 Å². The maximum absolute atomic E-state index is 13.8. The van der Waals surface area contributed by atoms with Crippen molar-refractivity contribution in [2.45, 2.75) is 65.0 Å². The quantitative estimate of drug-likeness (QED) is 0.215. The third-order valence-corrected chi connectivity index (χ3v) is 6.65. The Morgan fingerprint density at radius 3 is 1.82 bits per heavy atom. The molecule has 1 aliphatic heterocycles. The topological polar surface area (TPSA) is 133 Å². The van der Waals surface area contributed by atoms with Crippen molar-refractivity contribution in [1.29, 1.82) is 0 Å². The Morgan fingerprint density at radius 1 is 0.816 bits per heavy atom. The first kappa shape index (κ1) is 29.5. The van der Waals surface area contributed by atoms with Crippen molar-refractivity contribution in [2.24, 2.45) is 0 Å². The summed E-state index contributed by atoms with van der Waals surface area (Å²) in [5.74, 6) is -1.92. The lowest BCUT2D eigenvalue weighted by Crippen LogP contribution is -2.54. The van der Waals surface area contributed by atoms with Crippen molar-refractivity contribution in [2.75, 3.05) is 6.61 Å². The molecule has 12 heteroatoms. The van der Waals surface area contributed by atoms with Crippen LogP contribution in [-0.4, -0.2) is 49.1 Å². The van der Waals surface area contributed by atoms with E-state index in [4.69, 9.17) is 32.5 Å². The van der Waals surface area contributed by atoms with Crippen molar-refractivity contribution in [3.8, 4) is 0 Å². The van der Waals surface area contributed by atoms with E-state index in [-0.39, 0.29) is 26.2 Å². The molecule has 4 atom stereocenters. The van der Waals surface area contributed by atoms with E-state index < -0.39 is 50.3 Å². The van der Waals surface area contributed by atoms with Crippen molar-refractivity contribution in [3.05, 3.63) is 71.8 Å². The third-order valence-electron chi connectivity index (χ3n) is 5.27. The molecule has 3 rings (SSSR count). The molecular weight excluding hydrogens is 519 g/mol. The molecule has 1 fully saturated rings. The number of hydrogen-bond acceptors (Lipinski definition) is 11. The van der Waals surface area contributed by atoms with Crippen molar-refractivity contribution >= 4 is 25.7 Å². The molecule has 0 saturated carbocycles. The highest BCUT2D eigenvalue weighted by Gasteiger charge is 2.46. The van der Waals surface area contributed by atoms with Gasteiger partial charge in [-0.25, -0.2) is 4.57 Å². The first-order valence-electron chi connectivity index (χ1n) is 11.9. The minimum atomic E-state index is -4.27. The highest BCUT2D eigenvalue weighted by molar-refractivity contribution is 7.48. The monoisotopic (exact) mass is 550 g/mol. The summed E-state index contributed by atoms with van der Waals surface area (Å²) in [6.07, 6.45) is -4.70. The van der Waals surface area contributed by atoms with E-state index in [1.165, 1.54) is 20.8 Å². The molecule has 0 spiro atoms. The summed E-state index contributed by atoms with van der Waals surface area (Å²) < 4.78 is 52.4. The predicted molar refractivity (Wildman–Crippen MR) is 132 cm³/mol. The minimum absolute atomic E-state index is 0.0834. The summed E-state index contributed by atoms with van der Waals surface area (Å²) >= 11 is 0. The summed E-state index contributed by atoms with van der Waals surface area (Å²) in [5.41, 5.74) is 1.45. The van der Waals surface area contributed by atoms with E-state index in [1.54, 1.807) is 48.5 Å². The zero-order chi connectivity index (χ0) is 27.5. The summed E-state index contributed by atoms with van der Waals surface area (Å²) in [4.78, 5) is 35.0. The van der Waals surface area contributed by atoms with Crippen LogP contribution in [0.4, 0.5) is 0 Å². The zero-order valence-electron chi connectivity index (χ0n) is 21.3. The molecule has 0 aromatic heterocycles. The van der Waals surface area contributed by atoms with Gasteiger partial charge in [-0.3, -0.25) is 28.0 Å². The third kappa shape index (κ3) is 9.66. The van der Waals surface area contributed by atoms with E-state index in [9.17, 15) is 18.9 Å². The molecule has 11 nitrogen and oxygen atoms in total. The maximum Gasteiger partial charge on any atom is 0.477 e. The van der Waals surface area contributed by atoms with Crippen molar-refractivity contribution < 1.29 is 51.5 Å². The molecular formula is C26H31O11P. The van der Waals surface area contributed by atoms with Gasteiger partial charge in [0.25, 0.3) is 0 Å². The van der Waals surface area contributed by atoms with Gasteiger partial charge < -0.3 is 18.9 Å². The lowest BCUT2D eigenvalue weighted by atomic mass is 10.0. The average Bonchev–Trinajstić information content (AvgIpc) is 2.87. The summed E-state index contributed by atoms with van der Waals surface area (Å²) in [6, 6.07) is 18.0. The number of carbonyl (C=O) groups is 3. The molecule has 206 valence electrons. The largest absolute Gasteiger partial charge is 0.477 e. The number of esters is 3. The first-order chi connectivity index (χ1) is 18.1. The number of phosphoric acid groups is 1. The van der Waals surface area contributed by atoms with Gasteiger partial charge in [-0.1, -0.05) is 60.7 Å². The fourth-order valence-corrected chi connectivity index (χ4v) is 4.90. The molecule has 0 amide bonds. The fourth-order valence-electron chi connectivity index (χ4n) is 3.66. The van der Waals surface area contributed by atoms with Crippen LogP contribution in [0.5, 0.6) is 0 Å². The van der Waals surface area contributed by atoms with Gasteiger partial charge >= 0.3 is 25.7 Å². The molecule has 0 unspecified atom stereocenters. The number of phosphoric ester groups is 1. The van der Waals surface area contributed by atoms with E-state index in [0.29, 0.717) is 0 Å². The SMILES string of the molecule is CC(=O)OC[C@H]1O[C@H](OP(=O)(OCc2ccccc2)OCc2ccccc2)C[C@@H](OC(C)=O)[C@@H]1OC(C)=O. The van der Waals surface area contributed by atoms with Crippen LogP contribution in [0.2, 0.25) is 0 Å². The lowest BCUT2D eigenvalue weighted by Gasteiger charge is -2.40. The molecule has 38 heavy (non-hydrogen) atoms. The van der Waals surface area contributed by atoms with Gasteiger partial charge in [0, 0.05) is 27.2 Å². The average molecular weight is 550 g/mol. The number of ether oxygens (including phenoxy) is 4. The second-order valence-corrected chi connectivity index (χ2v) is 10.1. The lowest BCUT2D eigenvalue weighted by molar-refractivity contribution is -0.249. The Balaban J connectivity index is 1.82. The predicted octanol–water partition coefficient (Wildman–Crippen LogP) is 4.09. The van der Waals surface area contributed by atoms with Crippen LogP contribution < -0.4 is 0 Å². The number of benzene rings is 2. The number of rotatable bonds is 12. The Labute approximate surface area is 220 Å². The number of hydrogen-bond donors (Lipinski definition) is 0. The molecule has 0 radical (unpaired) electrons. The molecule has 0 aliphatic carbocycles. The van der Waals surface area contributed by atoms with E-state index in [1.807, 2.05) is 12.1 Å². The van der Waals surface area contributed by atoms with Crippen LogP contribution in [0.1, 0.15) is 38.3 Å². The Hall–Kier alpha value is -3.08. The van der Waals surface area contributed by atoms with Gasteiger partial charge in [0.1, 0.15) is 18.8 Å². The van der Waals surface area contributed by atoms with Crippen LogP contribution in [-0.2, 0) is 64.7 Å². The maximum atomic E-state index is 13.8. The molecule has 2 aromatic rings. The van der Waals surface area contributed by atoms with Gasteiger partial charge in [0.05, 0.1) is 13.2 Å². The van der Waals surface area contributed by atoms with E-state index in [2.05, 4.69) is 0 Å². The summed E-state index contributed by atoms with van der Waals surface area (Å²) in [5, 5.41) is 0. The van der Waals surface area contributed by atoms with Gasteiger partial charge in [0.2, 0.25) is 0 Å². The first-order valence-corrected chi connectivity index (χ1v) is 13.4. The molecule has 2 aromatic carbocycles. The van der Waals surface area contributed by atoms with Crippen LogP contribution in [0.3, 0.4) is 0 Å². The number of carbonyl (C=O) groups excluding carboxylic acids is 3. The van der Waals surface area contributed by atoms with Crippen LogP contribution in [0.25, 0.3) is 0 Å². The van der Waals surface area contributed by atoms with Gasteiger partial charge in [0.15, 0.2) is 12.4 Å². The van der Waals surface area contributed by atoms with E-state index >= 15 is 0 Å². The molecule has 1 aliphatic rings. The smallest absolute Gasteiger partial charge is 0.463 e. The highest BCUT2D eigenvalue weighted by Crippen LogP contribution is 2.53. The molecule has 1 saturated heterocycles. The zero-order valence-corrected chi connectivity index (χ0v) is 22.2. The van der Waals surface area contributed by atoms with E-state index in [0.717, 1.165) is 11.1 Å². The molecule has 1 heterocycles. The Bertz CT molecular complexity index is 1060. The van der Waals surface area contributed by atoms with Gasteiger partial charge in [-0.15, -0.1) is 0 Å². The second kappa shape index (κ2) is 14.2. The molecule has 0 bridgehead atoms. The van der Waals surface area contributed by atoms with Gasteiger partial charge in [-0.05, 0) is 11.1 Å². The fraction of sp³-hybridized carbons (Fsp3) is 0.423. The Kier molecular flexibility index (Phi) is 11.0. The minimum Gasteiger partial charge on any atom is -0.463 e. The van der Waals surface area contributed by atoms with Crippen LogP contribution in [0.15, 0.2) is 60.7 Å². The van der Waals surface area contributed by atoms with Crippen molar-refractivity contribution in [1.82, 2.24) is 0 Å². The second-order valence-electron chi connectivity index (χ2n) is 8.44. The van der Waals surface area contributed by atoms with Crippen LogP contribution >= 0.6 is 7.82 Å². The highest BCUT2D eigenvalue weighted by atomic mass is 31.2. The van der Waals surface area contributed by atoms with Crippen LogP contribution in [0, 0.1) is 0 Å². The Morgan fingerprint density at radius 2 is 1.34 bits per heavy atom. The normalized spacial score (nSPS) is 21.3. The molecule has 0 N–H and O–H groups in total. The summed E-state index contributed by atoms with van der Waals surface area (Å²) in [7, 11) is -4.27. The summed E-state index contributed by atoms with van der Waals surface area (Å²) in [6.45, 7) is 3.06.